The monoisotopic (exact) mass is 247 g/mol. The molecule has 3 heteroatoms. The van der Waals surface area contributed by atoms with Gasteiger partial charge in [-0.2, -0.15) is 0 Å². The average molecular weight is 247 g/mol. The van der Waals surface area contributed by atoms with Crippen molar-refractivity contribution in [1.82, 2.24) is 0 Å². The van der Waals surface area contributed by atoms with Crippen LogP contribution in [0, 0.1) is 17.4 Å². The molecule has 3 nitrogen and oxygen atoms in total. The van der Waals surface area contributed by atoms with Crippen molar-refractivity contribution >= 4 is 0 Å². The summed E-state index contributed by atoms with van der Waals surface area (Å²) in [4.78, 5) is 1.75. The van der Waals surface area contributed by atoms with Crippen LogP contribution in [0.25, 0.3) is 21.6 Å². The number of fused-ring (bicyclic) bond motifs is 3. The minimum atomic E-state index is 0.950. The fourth-order valence-corrected chi connectivity index (χ4v) is 2.18. The lowest BCUT2D eigenvalue weighted by Gasteiger charge is -2.12. The van der Waals surface area contributed by atoms with Crippen molar-refractivity contribution < 1.29 is 0 Å². The number of nitrogens with one attached hydrogen (secondary N) is 1. The van der Waals surface area contributed by atoms with Gasteiger partial charge in [-0.05, 0) is 39.6 Å². The summed E-state index contributed by atoms with van der Waals surface area (Å²) in [5.74, 6) is 6.49. The van der Waals surface area contributed by atoms with Gasteiger partial charge in [-0.25, -0.2) is 0 Å². The highest BCUT2D eigenvalue weighted by atomic mass is 15.0. The third-order valence-electron chi connectivity index (χ3n) is 2.98. The molecule has 0 bridgehead atoms. The molecule has 1 N–H and O–H groups in total. The summed E-state index contributed by atoms with van der Waals surface area (Å²) in [5, 5.41) is 0. The molecular weight excluding hydrogens is 234 g/mol. The molecule has 0 fully saturated rings. The zero-order valence-corrected chi connectivity index (χ0v) is 10.4. The van der Waals surface area contributed by atoms with Gasteiger partial charge in [-0.1, -0.05) is 54.3 Å². The summed E-state index contributed by atoms with van der Waals surface area (Å²) in [6.45, 7) is 0. The van der Waals surface area contributed by atoms with Crippen LogP contribution in [-0.4, -0.2) is 0 Å². The van der Waals surface area contributed by atoms with E-state index in [-0.39, 0.29) is 0 Å². The third kappa shape index (κ3) is 2.95. The Labute approximate surface area is 112 Å². The summed E-state index contributed by atoms with van der Waals surface area (Å²) >= 11 is 0. The van der Waals surface area contributed by atoms with Gasteiger partial charge in [0.25, 0.3) is 0 Å². The van der Waals surface area contributed by atoms with Crippen molar-refractivity contribution in [3.63, 3.8) is 0 Å². The lowest BCUT2D eigenvalue weighted by Crippen LogP contribution is -1.94. The van der Waals surface area contributed by atoms with E-state index >= 15 is 0 Å². The predicted molar refractivity (Wildman–Crippen MR) is 76.5 cm³/mol. The molecule has 2 aromatic rings. The summed E-state index contributed by atoms with van der Waals surface area (Å²) in [6, 6.07) is 17.0. The maximum Gasteiger partial charge on any atom is 0.0323 e. The van der Waals surface area contributed by atoms with E-state index in [1.165, 1.54) is 16.7 Å². The van der Waals surface area contributed by atoms with Gasteiger partial charge in [0.2, 0.25) is 0 Å². The lowest BCUT2D eigenvalue weighted by atomic mass is 9.92. The predicted octanol–water partition coefficient (Wildman–Crippen LogP) is 4.53. The van der Waals surface area contributed by atoms with Crippen molar-refractivity contribution in [2.45, 2.75) is 12.8 Å². The Kier molecular flexibility index (Phi) is 4.23. The molecule has 3 rings (SSSR count). The van der Waals surface area contributed by atoms with E-state index in [2.05, 4.69) is 60.4 Å². The summed E-state index contributed by atoms with van der Waals surface area (Å²) in [6.07, 6.45) is 2.00. The standard InChI is InChI=1S/C16H12.HN3/c1-2-8-14-10-4-6-12-16(14)15-11-5-3-9-13(15)7-1;1-3-2/h3-6,9-12H,1,7H2;1H. The molecule has 19 heavy (non-hydrogen) atoms. The van der Waals surface area contributed by atoms with Crippen LogP contribution in [0.1, 0.15) is 17.5 Å². The van der Waals surface area contributed by atoms with Crippen molar-refractivity contribution in [1.29, 1.82) is 5.53 Å². The highest BCUT2D eigenvalue weighted by Gasteiger charge is 2.08. The fourth-order valence-electron chi connectivity index (χ4n) is 2.18. The Morgan fingerprint density at radius 2 is 1.63 bits per heavy atom. The number of hydrogen-bond acceptors (Lipinski definition) is 1. The Morgan fingerprint density at radius 3 is 2.42 bits per heavy atom. The minimum absolute atomic E-state index is 0.950. The zero-order chi connectivity index (χ0) is 13.5. The average Bonchev–Trinajstić information content (AvgIpc) is 2.43. The molecule has 0 spiro atoms. The highest BCUT2D eigenvalue weighted by Crippen LogP contribution is 2.28. The van der Waals surface area contributed by atoms with Crippen LogP contribution in [-0.2, 0) is 6.42 Å². The van der Waals surface area contributed by atoms with Gasteiger partial charge >= 0.3 is 0 Å². The van der Waals surface area contributed by atoms with E-state index in [0.717, 1.165) is 18.4 Å². The van der Waals surface area contributed by atoms with E-state index in [9.17, 15) is 0 Å². The molecule has 1 aliphatic rings. The van der Waals surface area contributed by atoms with Gasteiger partial charge in [0.05, 0.1) is 0 Å². The van der Waals surface area contributed by atoms with Gasteiger partial charge in [0.1, 0.15) is 0 Å². The summed E-state index contributed by atoms with van der Waals surface area (Å²) in [5.41, 5.74) is 17.4. The molecule has 0 saturated carbocycles. The van der Waals surface area contributed by atoms with Crippen LogP contribution in [0.3, 0.4) is 0 Å². The van der Waals surface area contributed by atoms with Crippen molar-refractivity contribution in [3.05, 3.63) is 70.1 Å². The first-order chi connectivity index (χ1) is 9.36. The molecule has 1 aliphatic carbocycles. The maximum absolute atomic E-state index is 6.86. The molecule has 92 valence electrons. The van der Waals surface area contributed by atoms with Crippen molar-refractivity contribution in [2.75, 3.05) is 0 Å². The molecule has 0 atom stereocenters. The second kappa shape index (κ2) is 6.30. The normalized spacial score (nSPS) is 10.9. The largest absolute Gasteiger partial charge is 0.108 e. The third-order valence-corrected chi connectivity index (χ3v) is 2.98. The first-order valence-electron chi connectivity index (χ1n) is 6.04. The lowest BCUT2D eigenvalue weighted by molar-refractivity contribution is 1.03. The first-order valence-corrected chi connectivity index (χ1v) is 6.04. The van der Waals surface area contributed by atoms with Gasteiger partial charge in [0, 0.05) is 12.0 Å². The molecule has 0 radical (unpaired) electrons. The van der Waals surface area contributed by atoms with E-state index in [4.69, 9.17) is 11.1 Å². The van der Waals surface area contributed by atoms with E-state index in [1.54, 1.807) is 4.91 Å². The molecule has 0 aliphatic heterocycles. The Balaban J connectivity index is 0.000000408. The fraction of sp³-hybridized carbons (Fsp3) is 0.125. The van der Waals surface area contributed by atoms with Gasteiger partial charge in [0.15, 0.2) is 0 Å². The topological polar surface area (TPSA) is 60.3 Å². The molecule has 0 unspecified atom stereocenters. The molecule has 0 aromatic heterocycles. The number of aryl methyl sites for hydroxylation is 1. The Hall–Kier alpha value is -2.69. The van der Waals surface area contributed by atoms with E-state index < -0.39 is 0 Å². The second-order valence-corrected chi connectivity index (χ2v) is 4.10. The Morgan fingerprint density at radius 1 is 1.00 bits per heavy atom. The number of hydrogen-bond donors (Lipinski definition) is 1. The molecule has 2 aromatic carbocycles. The van der Waals surface area contributed by atoms with Gasteiger partial charge < -0.3 is 0 Å². The van der Waals surface area contributed by atoms with Crippen LogP contribution in [0.5, 0.6) is 0 Å². The quantitative estimate of drug-likeness (QED) is 0.308. The van der Waals surface area contributed by atoms with Crippen LogP contribution < -0.4 is 0 Å². The van der Waals surface area contributed by atoms with E-state index in [0.29, 0.717) is 0 Å². The SMILES string of the molecule is C1#Cc2ccccc2-c2ccccc2CC1.[N-]=[N+]=N. The number of benzene rings is 2. The first kappa shape index (κ1) is 12.8. The van der Waals surface area contributed by atoms with Gasteiger partial charge in [-0.3, -0.25) is 0 Å². The van der Waals surface area contributed by atoms with Crippen LogP contribution in [0.15, 0.2) is 48.5 Å². The molecular formula is C16H13N3. The molecule has 0 heterocycles. The van der Waals surface area contributed by atoms with Crippen molar-refractivity contribution in [3.8, 4) is 23.0 Å². The minimum Gasteiger partial charge on any atom is -0.108 e. The van der Waals surface area contributed by atoms with Crippen molar-refractivity contribution in [2.24, 2.45) is 0 Å². The number of rotatable bonds is 0. The van der Waals surface area contributed by atoms with Crippen LogP contribution in [0.2, 0.25) is 0 Å². The van der Waals surface area contributed by atoms with E-state index in [1.807, 2.05) is 0 Å². The second-order valence-electron chi connectivity index (χ2n) is 4.10. The number of nitrogens with zero attached hydrogens (tertiary/aromatic N) is 2. The highest BCUT2D eigenvalue weighted by molar-refractivity contribution is 5.74. The van der Waals surface area contributed by atoms with Gasteiger partial charge in [-0.15, -0.1) is 5.53 Å². The Bertz CT molecular complexity index is 672. The summed E-state index contributed by atoms with van der Waals surface area (Å²) < 4.78 is 0. The smallest absolute Gasteiger partial charge is 0.0323 e. The molecule has 0 saturated heterocycles. The van der Waals surface area contributed by atoms with Crippen LogP contribution >= 0.6 is 0 Å². The zero-order valence-electron chi connectivity index (χ0n) is 10.4. The maximum atomic E-state index is 6.86. The summed E-state index contributed by atoms with van der Waals surface area (Å²) in [7, 11) is 0. The molecule has 0 amide bonds. The van der Waals surface area contributed by atoms with Crippen LogP contribution in [0.4, 0.5) is 0 Å².